The molecule has 3 rings (SSSR count). The molecule has 0 aromatic heterocycles. The highest BCUT2D eigenvalue weighted by molar-refractivity contribution is 6.30. The number of benzene rings is 2. The Kier molecular flexibility index (Phi) is 4.32. The molecular weight excluding hydrogens is 278 g/mol. The van der Waals surface area contributed by atoms with Crippen LogP contribution in [0.1, 0.15) is 48.4 Å². The molecule has 1 aliphatic rings. The Morgan fingerprint density at radius 2 is 1.71 bits per heavy atom. The molecule has 21 heavy (non-hydrogen) atoms. The van der Waals surface area contributed by atoms with Crippen LogP contribution in [0.4, 0.5) is 0 Å². The van der Waals surface area contributed by atoms with Crippen LogP contribution in [0.25, 0.3) is 0 Å². The Bertz CT molecular complexity index is 599. The van der Waals surface area contributed by atoms with E-state index >= 15 is 0 Å². The summed E-state index contributed by atoms with van der Waals surface area (Å²) in [5, 5.41) is 4.58. The SMILES string of the molecule is Cc1ccccc1C(C)NC1CC(c2ccc(Cl)cc2)C1. The van der Waals surface area contributed by atoms with Gasteiger partial charge >= 0.3 is 0 Å². The molecule has 1 nitrogen and oxygen atoms in total. The summed E-state index contributed by atoms with van der Waals surface area (Å²) in [6, 6.07) is 18.0. The summed E-state index contributed by atoms with van der Waals surface area (Å²) in [7, 11) is 0. The van der Waals surface area contributed by atoms with Crippen molar-refractivity contribution in [3.8, 4) is 0 Å². The lowest BCUT2D eigenvalue weighted by molar-refractivity contribution is 0.270. The van der Waals surface area contributed by atoms with Crippen LogP contribution in [-0.4, -0.2) is 6.04 Å². The van der Waals surface area contributed by atoms with E-state index in [4.69, 9.17) is 11.6 Å². The van der Waals surface area contributed by atoms with Crippen LogP contribution in [0.5, 0.6) is 0 Å². The third-order valence-electron chi connectivity index (χ3n) is 4.62. The van der Waals surface area contributed by atoms with Crippen molar-refractivity contribution in [1.82, 2.24) is 5.32 Å². The fraction of sp³-hybridized carbons (Fsp3) is 0.368. The average Bonchev–Trinajstić information content (AvgIpc) is 2.44. The molecule has 0 radical (unpaired) electrons. The summed E-state index contributed by atoms with van der Waals surface area (Å²) in [5.41, 5.74) is 4.19. The van der Waals surface area contributed by atoms with E-state index in [0.717, 1.165) is 5.02 Å². The summed E-state index contributed by atoms with van der Waals surface area (Å²) in [6.07, 6.45) is 2.44. The fourth-order valence-electron chi connectivity index (χ4n) is 3.28. The Hall–Kier alpha value is -1.31. The Morgan fingerprint density at radius 1 is 1.05 bits per heavy atom. The third kappa shape index (κ3) is 3.30. The molecular formula is C19H22ClN. The molecule has 1 fully saturated rings. The first-order chi connectivity index (χ1) is 10.1. The third-order valence-corrected chi connectivity index (χ3v) is 4.87. The van der Waals surface area contributed by atoms with E-state index in [1.807, 2.05) is 12.1 Å². The van der Waals surface area contributed by atoms with Gasteiger partial charge in [-0.05, 0) is 61.4 Å². The predicted molar refractivity (Wildman–Crippen MR) is 89.9 cm³/mol. The van der Waals surface area contributed by atoms with Gasteiger partial charge in [-0.1, -0.05) is 48.0 Å². The fourth-order valence-corrected chi connectivity index (χ4v) is 3.40. The first kappa shape index (κ1) is 14.6. The van der Waals surface area contributed by atoms with Crippen molar-refractivity contribution in [3.63, 3.8) is 0 Å². The van der Waals surface area contributed by atoms with Crippen molar-refractivity contribution >= 4 is 11.6 Å². The van der Waals surface area contributed by atoms with E-state index in [9.17, 15) is 0 Å². The first-order valence-corrected chi connectivity index (χ1v) is 8.08. The van der Waals surface area contributed by atoms with Crippen molar-refractivity contribution in [2.45, 2.75) is 44.7 Å². The van der Waals surface area contributed by atoms with E-state index in [1.165, 1.54) is 29.5 Å². The molecule has 110 valence electrons. The molecule has 0 aliphatic heterocycles. The topological polar surface area (TPSA) is 12.0 Å². The lowest BCUT2D eigenvalue weighted by atomic mass is 9.75. The standard InChI is InChI=1S/C19H22ClN/c1-13-5-3-4-6-19(13)14(2)21-18-11-16(12-18)15-7-9-17(20)10-8-15/h3-10,14,16,18,21H,11-12H2,1-2H3. The van der Waals surface area contributed by atoms with Gasteiger partial charge in [0.05, 0.1) is 0 Å². The van der Waals surface area contributed by atoms with Crippen LogP contribution in [0, 0.1) is 6.92 Å². The first-order valence-electron chi connectivity index (χ1n) is 7.70. The molecule has 2 aromatic carbocycles. The second-order valence-corrected chi connectivity index (χ2v) is 6.60. The molecule has 2 heteroatoms. The number of halogens is 1. The van der Waals surface area contributed by atoms with Crippen molar-refractivity contribution in [1.29, 1.82) is 0 Å². The van der Waals surface area contributed by atoms with Gasteiger partial charge in [0.15, 0.2) is 0 Å². The highest BCUT2D eigenvalue weighted by atomic mass is 35.5. The van der Waals surface area contributed by atoms with Crippen molar-refractivity contribution < 1.29 is 0 Å². The van der Waals surface area contributed by atoms with Crippen LogP contribution < -0.4 is 5.32 Å². The Morgan fingerprint density at radius 3 is 2.38 bits per heavy atom. The molecule has 0 bridgehead atoms. The summed E-state index contributed by atoms with van der Waals surface area (Å²) in [5.74, 6) is 0.684. The summed E-state index contributed by atoms with van der Waals surface area (Å²) in [6.45, 7) is 4.45. The quantitative estimate of drug-likeness (QED) is 0.813. The van der Waals surface area contributed by atoms with Gasteiger partial charge in [0.1, 0.15) is 0 Å². The number of aryl methyl sites for hydroxylation is 1. The maximum absolute atomic E-state index is 5.95. The second-order valence-electron chi connectivity index (χ2n) is 6.16. The highest BCUT2D eigenvalue weighted by Gasteiger charge is 2.31. The molecule has 0 amide bonds. The number of rotatable bonds is 4. The zero-order valence-electron chi connectivity index (χ0n) is 12.6. The van der Waals surface area contributed by atoms with Crippen LogP contribution >= 0.6 is 11.6 Å². The predicted octanol–water partition coefficient (Wildman–Crippen LogP) is 5.25. The minimum atomic E-state index is 0.419. The largest absolute Gasteiger partial charge is 0.307 e. The van der Waals surface area contributed by atoms with Gasteiger partial charge in [-0.25, -0.2) is 0 Å². The maximum Gasteiger partial charge on any atom is 0.0406 e. The van der Waals surface area contributed by atoms with Crippen molar-refractivity contribution in [2.75, 3.05) is 0 Å². The van der Waals surface area contributed by atoms with E-state index in [0.29, 0.717) is 18.0 Å². The zero-order valence-corrected chi connectivity index (χ0v) is 13.4. The summed E-state index contributed by atoms with van der Waals surface area (Å²) in [4.78, 5) is 0. The molecule has 2 aromatic rings. The van der Waals surface area contributed by atoms with Gasteiger partial charge < -0.3 is 5.32 Å². The van der Waals surface area contributed by atoms with Crippen LogP contribution in [0.15, 0.2) is 48.5 Å². The maximum atomic E-state index is 5.95. The molecule has 1 atom stereocenters. The monoisotopic (exact) mass is 299 g/mol. The van der Waals surface area contributed by atoms with E-state index < -0.39 is 0 Å². The van der Waals surface area contributed by atoms with E-state index in [2.05, 4.69) is 55.6 Å². The van der Waals surface area contributed by atoms with Gasteiger partial charge in [0.25, 0.3) is 0 Å². The minimum absolute atomic E-state index is 0.419. The lowest BCUT2D eigenvalue weighted by Gasteiger charge is -2.38. The Balaban J connectivity index is 1.55. The molecule has 1 saturated carbocycles. The van der Waals surface area contributed by atoms with E-state index in [-0.39, 0.29) is 0 Å². The summed E-state index contributed by atoms with van der Waals surface area (Å²) < 4.78 is 0. The number of nitrogens with one attached hydrogen (secondary N) is 1. The minimum Gasteiger partial charge on any atom is -0.307 e. The van der Waals surface area contributed by atoms with Crippen LogP contribution in [0.3, 0.4) is 0 Å². The van der Waals surface area contributed by atoms with Crippen LogP contribution in [-0.2, 0) is 0 Å². The number of hydrogen-bond donors (Lipinski definition) is 1. The van der Waals surface area contributed by atoms with Gasteiger partial charge in [-0.15, -0.1) is 0 Å². The highest BCUT2D eigenvalue weighted by Crippen LogP contribution is 2.38. The molecule has 1 N–H and O–H groups in total. The van der Waals surface area contributed by atoms with E-state index in [1.54, 1.807) is 0 Å². The van der Waals surface area contributed by atoms with Crippen molar-refractivity contribution in [2.24, 2.45) is 0 Å². The van der Waals surface area contributed by atoms with Gasteiger partial charge in [0, 0.05) is 17.1 Å². The van der Waals surface area contributed by atoms with Gasteiger partial charge in [-0.2, -0.15) is 0 Å². The molecule has 0 spiro atoms. The zero-order chi connectivity index (χ0) is 14.8. The van der Waals surface area contributed by atoms with Gasteiger partial charge in [-0.3, -0.25) is 0 Å². The van der Waals surface area contributed by atoms with Gasteiger partial charge in [0.2, 0.25) is 0 Å². The molecule has 1 unspecified atom stereocenters. The second kappa shape index (κ2) is 6.21. The molecule has 1 aliphatic carbocycles. The smallest absolute Gasteiger partial charge is 0.0406 e. The normalized spacial score (nSPS) is 22.6. The van der Waals surface area contributed by atoms with Crippen molar-refractivity contribution in [3.05, 3.63) is 70.2 Å². The summed E-state index contributed by atoms with van der Waals surface area (Å²) >= 11 is 5.95. The average molecular weight is 300 g/mol. The van der Waals surface area contributed by atoms with Crippen LogP contribution in [0.2, 0.25) is 5.02 Å². The number of hydrogen-bond acceptors (Lipinski definition) is 1. The molecule has 0 heterocycles. The lowest BCUT2D eigenvalue weighted by Crippen LogP contribution is -2.41. The molecule has 0 saturated heterocycles. The Labute approximate surface area is 132 Å².